The minimum absolute atomic E-state index is 0.0909. The number of alkyl halides is 1. The Morgan fingerprint density at radius 3 is 2.50 bits per heavy atom. The van der Waals surface area contributed by atoms with Crippen molar-refractivity contribution >= 4 is 27.5 Å². The highest BCUT2D eigenvalue weighted by Gasteiger charge is 2.02. The van der Waals surface area contributed by atoms with Gasteiger partial charge in [0, 0.05) is 11.8 Å². The number of amides is 1. The SMILES string of the molecule is O=C(CBr)Nc1cccc(Oc2ccccc2)c1. The van der Waals surface area contributed by atoms with Crippen LogP contribution in [0.3, 0.4) is 0 Å². The number of hydrogen-bond donors (Lipinski definition) is 1. The third-order valence-electron chi connectivity index (χ3n) is 2.22. The van der Waals surface area contributed by atoms with Gasteiger partial charge in [0.1, 0.15) is 11.5 Å². The molecule has 18 heavy (non-hydrogen) atoms. The molecule has 0 spiro atoms. The molecule has 2 aromatic carbocycles. The van der Waals surface area contributed by atoms with E-state index in [-0.39, 0.29) is 11.2 Å². The van der Waals surface area contributed by atoms with Crippen LogP contribution in [0.5, 0.6) is 11.5 Å². The Morgan fingerprint density at radius 2 is 1.78 bits per heavy atom. The number of ether oxygens (including phenoxy) is 1. The lowest BCUT2D eigenvalue weighted by Gasteiger charge is -2.08. The monoisotopic (exact) mass is 305 g/mol. The van der Waals surface area contributed by atoms with E-state index in [0.29, 0.717) is 11.4 Å². The largest absolute Gasteiger partial charge is 0.457 e. The molecule has 92 valence electrons. The summed E-state index contributed by atoms with van der Waals surface area (Å²) >= 11 is 3.10. The van der Waals surface area contributed by atoms with Crippen molar-refractivity contribution in [3.8, 4) is 11.5 Å². The molecule has 3 nitrogen and oxygen atoms in total. The van der Waals surface area contributed by atoms with E-state index in [1.807, 2.05) is 48.5 Å². The number of para-hydroxylation sites is 1. The van der Waals surface area contributed by atoms with Crippen LogP contribution in [0.2, 0.25) is 0 Å². The summed E-state index contributed by atoms with van der Waals surface area (Å²) in [6.07, 6.45) is 0. The number of carbonyl (C=O) groups is 1. The first-order valence-corrected chi connectivity index (χ1v) is 6.59. The summed E-state index contributed by atoms with van der Waals surface area (Å²) in [5, 5.41) is 3.03. The van der Waals surface area contributed by atoms with Gasteiger partial charge in [0.2, 0.25) is 5.91 Å². The molecule has 0 aliphatic carbocycles. The number of benzene rings is 2. The van der Waals surface area contributed by atoms with Gasteiger partial charge in [-0.1, -0.05) is 40.2 Å². The fourth-order valence-corrected chi connectivity index (χ4v) is 1.60. The van der Waals surface area contributed by atoms with E-state index in [4.69, 9.17) is 4.74 Å². The Hall–Kier alpha value is -1.81. The van der Waals surface area contributed by atoms with Crippen LogP contribution < -0.4 is 10.1 Å². The van der Waals surface area contributed by atoms with Gasteiger partial charge < -0.3 is 10.1 Å². The Bertz CT molecular complexity index is 528. The predicted molar refractivity (Wildman–Crippen MR) is 75.4 cm³/mol. The van der Waals surface area contributed by atoms with Crippen LogP contribution in [0.15, 0.2) is 54.6 Å². The summed E-state index contributed by atoms with van der Waals surface area (Å²) in [4.78, 5) is 11.3. The molecule has 0 fully saturated rings. The molecule has 2 aromatic rings. The van der Waals surface area contributed by atoms with E-state index in [0.717, 1.165) is 5.75 Å². The first-order chi connectivity index (χ1) is 8.78. The molecular weight excluding hydrogens is 294 g/mol. The van der Waals surface area contributed by atoms with Gasteiger partial charge in [-0.3, -0.25) is 4.79 Å². The highest BCUT2D eigenvalue weighted by molar-refractivity contribution is 9.09. The topological polar surface area (TPSA) is 38.3 Å². The molecule has 0 aliphatic heterocycles. The number of carbonyl (C=O) groups excluding carboxylic acids is 1. The smallest absolute Gasteiger partial charge is 0.235 e. The lowest BCUT2D eigenvalue weighted by atomic mass is 10.3. The molecule has 0 unspecified atom stereocenters. The predicted octanol–water partition coefficient (Wildman–Crippen LogP) is 3.81. The standard InChI is InChI=1S/C14H12BrNO2/c15-10-14(17)16-11-5-4-8-13(9-11)18-12-6-2-1-3-7-12/h1-9H,10H2,(H,16,17). The van der Waals surface area contributed by atoms with Crippen LogP contribution in [0.1, 0.15) is 0 Å². The Labute approximate surface area is 114 Å². The van der Waals surface area contributed by atoms with E-state index in [2.05, 4.69) is 21.2 Å². The van der Waals surface area contributed by atoms with Gasteiger partial charge in [-0.25, -0.2) is 0 Å². The van der Waals surface area contributed by atoms with E-state index >= 15 is 0 Å². The third-order valence-corrected chi connectivity index (χ3v) is 2.73. The molecule has 0 aliphatic rings. The zero-order valence-electron chi connectivity index (χ0n) is 9.60. The Kier molecular flexibility index (Phi) is 4.36. The van der Waals surface area contributed by atoms with E-state index in [1.165, 1.54) is 0 Å². The molecule has 0 saturated heterocycles. The number of anilines is 1. The summed E-state index contributed by atoms with van der Waals surface area (Å²) in [6.45, 7) is 0. The third kappa shape index (κ3) is 3.60. The molecule has 4 heteroatoms. The number of halogens is 1. The van der Waals surface area contributed by atoms with Gasteiger partial charge in [0.15, 0.2) is 0 Å². The average molecular weight is 306 g/mol. The van der Waals surface area contributed by atoms with Crippen molar-refractivity contribution in [3.63, 3.8) is 0 Å². The zero-order valence-corrected chi connectivity index (χ0v) is 11.2. The molecule has 0 saturated carbocycles. The summed E-state index contributed by atoms with van der Waals surface area (Å²) in [7, 11) is 0. The molecule has 0 aromatic heterocycles. The quantitative estimate of drug-likeness (QED) is 0.872. The van der Waals surface area contributed by atoms with Gasteiger partial charge in [-0.05, 0) is 24.3 Å². The molecule has 0 radical (unpaired) electrons. The second-order valence-electron chi connectivity index (χ2n) is 3.62. The van der Waals surface area contributed by atoms with E-state index in [1.54, 1.807) is 6.07 Å². The minimum Gasteiger partial charge on any atom is -0.457 e. The average Bonchev–Trinajstić information content (AvgIpc) is 2.40. The van der Waals surface area contributed by atoms with Crippen molar-refractivity contribution in [2.45, 2.75) is 0 Å². The van der Waals surface area contributed by atoms with Gasteiger partial charge >= 0.3 is 0 Å². The molecule has 1 N–H and O–H groups in total. The summed E-state index contributed by atoms with van der Waals surface area (Å²) in [5.41, 5.74) is 0.716. The van der Waals surface area contributed by atoms with Crippen LogP contribution >= 0.6 is 15.9 Å². The van der Waals surface area contributed by atoms with Crippen LogP contribution in [-0.4, -0.2) is 11.2 Å². The van der Waals surface area contributed by atoms with Gasteiger partial charge in [-0.2, -0.15) is 0 Å². The maximum atomic E-state index is 11.3. The van der Waals surface area contributed by atoms with E-state index in [9.17, 15) is 4.79 Å². The maximum Gasteiger partial charge on any atom is 0.235 e. The van der Waals surface area contributed by atoms with Crippen LogP contribution in [-0.2, 0) is 4.79 Å². The molecular formula is C14H12BrNO2. The number of nitrogens with one attached hydrogen (secondary N) is 1. The molecule has 2 rings (SSSR count). The summed E-state index contributed by atoms with van der Waals surface area (Å²) in [5.74, 6) is 1.36. The first kappa shape index (κ1) is 12.6. The van der Waals surface area contributed by atoms with Crippen molar-refractivity contribution in [2.75, 3.05) is 10.6 Å². The van der Waals surface area contributed by atoms with Crippen LogP contribution in [0.4, 0.5) is 5.69 Å². The van der Waals surface area contributed by atoms with Crippen LogP contribution in [0, 0.1) is 0 Å². The number of rotatable bonds is 4. The second kappa shape index (κ2) is 6.21. The van der Waals surface area contributed by atoms with Gasteiger partial charge in [0.05, 0.1) is 5.33 Å². The minimum atomic E-state index is -0.0909. The highest BCUT2D eigenvalue weighted by Crippen LogP contribution is 2.23. The Morgan fingerprint density at radius 1 is 1.06 bits per heavy atom. The first-order valence-electron chi connectivity index (χ1n) is 5.47. The Balaban J connectivity index is 2.10. The van der Waals surface area contributed by atoms with Crippen molar-refractivity contribution in [2.24, 2.45) is 0 Å². The molecule has 0 bridgehead atoms. The molecule has 1 amide bonds. The van der Waals surface area contributed by atoms with Gasteiger partial charge in [-0.15, -0.1) is 0 Å². The normalized spacial score (nSPS) is 9.83. The zero-order chi connectivity index (χ0) is 12.8. The number of hydrogen-bond acceptors (Lipinski definition) is 2. The molecule has 0 atom stereocenters. The summed E-state index contributed by atoms with van der Waals surface area (Å²) < 4.78 is 5.67. The van der Waals surface area contributed by atoms with Crippen molar-refractivity contribution in [3.05, 3.63) is 54.6 Å². The maximum absolute atomic E-state index is 11.3. The van der Waals surface area contributed by atoms with Crippen molar-refractivity contribution in [1.82, 2.24) is 0 Å². The van der Waals surface area contributed by atoms with E-state index < -0.39 is 0 Å². The lowest BCUT2D eigenvalue weighted by molar-refractivity contribution is -0.113. The van der Waals surface area contributed by atoms with Crippen LogP contribution in [0.25, 0.3) is 0 Å². The second-order valence-corrected chi connectivity index (χ2v) is 4.19. The fraction of sp³-hybridized carbons (Fsp3) is 0.0714. The van der Waals surface area contributed by atoms with Crippen molar-refractivity contribution in [1.29, 1.82) is 0 Å². The highest BCUT2D eigenvalue weighted by atomic mass is 79.9. The summed E-state index contributed by atoms with van der Waals surface area (Å²) in [6, 6.07) is 16.8. The van der Waals surface area contributed by atoms with Gasteiger partial charge in [0.25, 0.3) is 0 Å². The lowest BCUT2D eigenvalue weighted by Crippen LogP contribution is -2.12. The fourth-order valence-electron chi connectivity index (χ4n) is 1.46. The van der Waals surface area contributed by atoms with Crippen molar-refractivity contribution < 1.29 is 9.53 Å². The molecule has 0 heterocycles.